The number of carbonyl (C=O) groups excluding carboxylic acids is 2. The van der Waals surface area contributed by atoms with Gasteiger partial charge in [0.1, 0.15) is 6.61 Å². The molecule has 0 bridgehead atoms. The number of benzene rings is 3. The minimum absolute atomic E-state index is 0.325. The number of imide groups is 1. The SMILES string of the molecule is COc1cc(/C=C2/SC(=O)N(c3cccc(Cl)c3)C2=O)cc(I)c1OCc1ccc(C)cc1. The summed E-state index contributed by atoms with van der Waals surface area (Å²) in [4.78, 5) is 26.9. The van der Waals surface area contributed by atoms with Crippen LogP contribution in [-0.2, 0) is 11.4 Å². The monoisotopic (exact) mass is 591 g/mol. The Morgan fingerprint density at radius 3 is 2.55 bits per heavy atom. The highest BCUT2D eigenvalue weighted by molar-refractivity contribution is 14.1. The molecule has 0 aromatic heterocycles. The van der Waals surface area contributed by atoms with Crippen LogP contribution in [0.5, 0.6) is 11.5 Å². The molecular weight excluding hydrogens is 573 g/mol. The molecule has 0 aliphatic carbocycles. The van der Waals surface area contributed by atoms with Crippen molar-refractivity contribution in [2.24, 2.45) is 0 Å². The van der Waals surface area contributed by atoms with Gasteiger partial charge in [0, 0.05) is 5.02 Å². The highest BCUT2D eigenvalue weighted by Crippen LogP contribution is 2.39. The van der Waals surface area contributed by atoms with Crippen LogP contribution in [0.4, 0.5) is 10.5 Å². The van der Waals surface area contributed by atoms with E-state index in [0.29, 0.717) is 33.7 Å². The Morgan fingerprint density at radius 2 is 1.85 bits per heavy atom. The van der Waals surface area contributed by atoms with Gasteiger partial charge in [0.2, 0.25) is 0 Å². The predicted octanol–water partition coefficient (Wildman–Crippen LogP) is 7.08. The maximum atomic E-state index is 12.9. The van der Waals surface area contributed by atoms with Gasteiger partial charge in [-0.1, -0.05) is 47.5 Å². The molecule has 3 aromatic rings. The number of carbonyl (C=O) groups is 2. The third-order valence-electron chi connectivity index (χ3n) is 4.91. The first kappa shape index (κ1) is 23.7. The first-order valence-corrected chi connectivity index (χ1v) is 12.2. The fourth-order valence-corrected chi connectivity index (χ4v) is 5.07. The molecule has 0 N–H and O–H groups in total. The Labute approximate surface area is 214 Å². The Hall–Kier alpha value is -2.49. The molecule has 0 unspecified atom stereocenters. The quantitative estimate of drug-likeness (QED) is 0.227. The van der Waals surface area contributed by atoms with E-state index in [1.54, 1.807) is 43.5 Å². The highest BCUT2D eigenvalue weighted by Gasteiger charge is 2.36. The van der Waals surface area contributed by atoms with Gasteiger partial charge in [-0.05, 0) is 88.8 Å². The number of halogens is 2. The largest absolute Gasteiger partial charge is 0.493 e. The molecule has 0 radical (unpaired) electrons. The van der Waals surface area contributed by atoms with Gasteiger partial charge in [0.25, 0.3) is 11.1 Å². The lowest BCUT2D eigenvalue weighted by Crippen LogP contribution is -2.27. The van der Waals surface area contributed by atoms with E-state index in [2.05, 4.69) is 22.6 Å². The molecule has 5 nitrogen and oxygen atoms in total. The topological polar surface area (TPSA) is 55.8 Å². The molecule has 0 spiro atoms. The average Bonchev–Trinajstić information content (AvgIpc) is 3.06. The van der Waals surface area contributed by atoms with E-state index >= 15 is 0 Å². The van der Waals surface area contributed by atoms with Crippen molar-refractivity contribution in [3.05, 3.63) is 90.9 Å². The van der Waals surface area contributed by atoms with Crippen molar-refractivity contribution < 1.29 is 19.1 Å². The summed E-state index contributed by atoms with van der Waals surface area (Å²) in [6.45, 7) is 2.45. The van der Waals surface area contributed by atoms with Gasteiger partial charge in [-0.3, -0.25) is 9.59 Å². The van der Waals surface area contributed by atoms with E-state index in [9.17, 15) is 9.59 Å². The van der Waals surface area contributed by atoms with Crippen molar-refractivity contribution in [1.29, 1.82) is 0 Å². The van der Waals surface area contributed by atoms with Crippen LogP contribution in [0.1, 0.15) is 16.7 Å². The average molecular weight is 592 g/mol. The van der Waals surface area contributed by atoms with E-state index in [0.717, 1.165) is 31.4 Å². The number of hydrogen-bond donors (Lipinski definition) is 0. The number of rotatable bonds is 6. The van der Waals surface area contributed by atoms with Gasteiger partial charge in [0.05, 0.1) is 21.3 Å². The zero-order chi connectivity index (χ0) is 23.5. The minimum atomic E-state index is -0.388. The van der Waals surface area contributed by atoms with Gasteiger partial charge in [-0.25, -0.2) is 4.90 Å². The predicted molar refractivity (Wildman–Crippen MR) is 141 cm³/mol. The van der Waals surface area contributed by atoms with Crippen LogP contribution in [0.15, 0.2) is 65.6 Å². The molecule has 3 aromatic carbocycles. The Balaban J connectivity index is 1.58. The van der Waals surface area contributed by atoms with Crippen LogP contribution in [0.25, 0.3) is 6.08 Å². The molecule has 4 rings (SSSR count). The number of amides is 2. The molecule has 1 aliphatic heterocycles. The van der Waals surface area contributed by atoms with Crippen LogP contribution in [0.3, 0.4) is 0 Å². The van der Waals surface area contributed by atoms with Gasteiger partial charge in [0.15, 0.2) is 11.5 Å². The normalized spacial score (nSPS) is 14.8. The summed E-state index contributed by atoms with van der Waals surface area (Å²) < 4.78 is 12.4. The van der Waals surface area contributed by atoms with Gasteiger partial charge in [-0.2, -0.15) is 0 Å². The lowest BCUT2D eigenvalue weighted by atomic mass is 10.1. The second-order valence-corrected chi connectivity index (χ2v) is 9.90. The van der Waals surface area contributed by atoms with E-state index in [1.807, 2.05) is 37.3 Å². The number of hydrogen-bond acceptors (Lipinski definition) is 5. The van der Waals surface area contributed by atoms with Crippen molar-refractivity contribution in [1.82, 2.24) is 0 Å². The van der Waals surface area contributed by atoms with Crippen molar-refractivity contribution in [2.45, 2.75) is 13.5 Å². The van der Waals surface area contributed by atoms with E-state index < -0.39 is 0 Å². The summed E-state index contributed by atoms with van der Waals surface area (Å²) in [5, 5.41) is 0.0873. The number of aryl methyl sites for hydroxylation is 1. The first-order chi connectivity index (χ1) is 15.9. The summed E-state index contributed by atoms with van der Waals surface area (Å²) in [7, 11) is 1.57. The Kier molecular flexibility index (Phi) is 7.31. The smallest absolute Gasteiger partial charge is 0.298 e. The van der Waals surface area contributed by atoms with Crippen molar-refractivity contribution in [3.8, 4) is 11.5 Å². The summed E-state index contributed by atoms with van der Waals surface area (Å²) in [5.41, 5.74) is 3.42. The molecule has 8 heteroatoms. The standard InChI is InChI=1S/C25H19ClINO4S/c1-15-6-8-16(9-7-15)14-32-23-20(27)10-17(11-21(23)31-2)12-22-24(29)28(25(30)33-22)19-5-3-4-18(26)13-19/h3-13H,14H2,1-2H3/b22-12+. The van der Waals surface area contributed by atoms with E-state index in [-0.39, 0.29) is 11.1 Å². The second-order valence-electron chi connectivity index (χ2n) is 7.31. The summed E-state index contributed by atoms with van der Waals surface area (Å²) in [5.74, 6) is 0.790. The van der Waals surface area contributed by atoms with Gasteiger partial charge >= 0.3 is 0 Å². The van der Waals surface area contributed by atoms with Crippen LogP contribution in [0, 0.1) is 10.5 Å². The fourth-order valence-electron chi connectivity index (χ4n) is 3.26. The van der Waals surface area contributed by atoms with Crippen LogP contribution >= 0.6 is 46.0 Å². The van der Waals surface area contributed by atoms with E-state index in [1.165, 1.54) is 5.56 Å². The van der Waals surface area contributed by atoms with Gasteiger partial charge < -0.3 is 9.47 Å². The van der Waals surface area contributed by atoms with E-state index in [4.69, 9.17) is 21.1 Å². The molecular formula is C25H19ClINO4S. The number of thioether (sulfide) groups is 1. The molecule has 0 saturated carbocycles. The summed E-state index contributed by atoms with van der Waals surface area (Å²) >= 11 is 9.09. The molecule has 0 atom stereocenters. The van der Waals surface area contributed by atoms with Crippen LogP contribution < -0.4 is 14.4 Å². The number of anilines is 1. The molecule has 168 valence electrons. The molecule has 2 amide bonds. The maximum absolute atomic E-state index is 12.9. The van der Waals surface area contributed by atoms with Gasteiger partial charge in [-0.15, -0.1) is 0 Å². The Morgan fingerprint density at radius 1 is 1.09 bits per heavy atom. The van der Waals surface area contributed by atoms with Crippen molar-refractivity contribution >= 4 is 68.9 Å². The highest BCUT2D eigenvalue weighted by atomic mass is 127. The zero-order valence-electron chi connectivity index (χ0n) is 17.8. The minimum Gasteiger partial charge on any atom is -0.493 e. The molecule has 1 fully saturated rings. The molecule has 33 heavy (non-hydrogen) atoms. The third kappa shape index (κ3) is 5.37. The second kappa shape index (κ2) is 10.2. The van der Waals surface area contributed by atoms with Crippen LogP contribution in [-0.4, -0.2) is 18.3 Å². The lowest BCUT2D eigenvalue weighted by Gasteiger charge is -2.14. The fraction of sp³-hybridized carbons (Fsp3) is 0.120. The Bertz CT molecular complexity index is 1260. The first-order valence-electron chi connectivity index (χ1n) is 9.95. The van der Waals surface area contributed by atoms with Crippen LogP contribution in [0.2, 0.25) is 5.02 Å². The number of nitrogens with zero attached hydrogens (tertiary/aromatic N) is 1. The van der Waals surface area contributed by atoms with Crippen molar-refractivity contribution in [2.75, 3.05) is 12.0 Å². The van der Waals surface area contributed by atoms with Crippen molar-refractivity contribution in [3.63, 3.8) is 0 Å². The lowest BCUT2D eigenvalue weighted by molar-refractivity contribution is -0.113. The molecule has 1 saturated heterocycles. The number of methoxy groups -OCH3 is 1. The molecule has 1 heterocycles. The zero-order valence-corrected chi connectivity index (χ0v) is 21.5. The third-order valence-corrected chi connectivity index (χ3v) is 6.82. The number of ether oxygens (including phenoxy) is 2. The summed E-state index contributed by atoms with van der Waals surface area (Å²) in [6.07, 6.45) is 1.68. The maximum Gasteiger partial charge on any atom is 0.298 e. The molecule has 1 aliphatic rings. The summed E-state index contributed by atoms with van der Waals surface area (Å²) in [6, 6.07) is 18.5.